The Morgan fingerprint density at radius 1 is 0.903 bits per heavy atom. The molecule has 3 heterocycles. The number of anilines is 3. The van der Waals surface area contributed by atoms with Crippen LogP contribution in [0.4, 0.5) is 17.3 Å². The van der Waals surface area contributed by atoms with Crippen LogP contribution in [0.25, 0.3) is 0 Å². The van der Waals surface area contributed by atoms with Crippen LogP contribution in [-0.2, 0) is 10.0 Å². The largest absolute Gasteiger partial charge is 0.352 e. The molecule has 3 aromatic rings. The highest BCUT2D eigenvalue weighted by atomic mass is 32.2. The maximum Gasteiger partial charge on any atom is 0.243 e. The highest BCUT2D eigenvalue weighted by Gasteiger charge is 2.30. The molecular weight excluding hydrogens is 412 g/mol. The third kappa shape index (κ3) is 4.52. The number of piperazine rings is 1. The summed E-state index contributed by atoms with van der Waals surface area (Å²) in [6.07, 6.45) is 3.42. The zero-order valence-electron chi connectivity index (χ0n) is 17.9. The smallest absolute Gasteiger partial charge is 0.243 e. The van der Waals surface area contributed by atoms with Crippen molar-refractivity contribution in [3.63, 3.8) is 0 Å². The van der Waals surface area contributed by atoms with Crippen molar-refractivity contribution in [2.45, 2.75) is 25.7 Å². The van der Waals surface area contributed by atoms with Crippen molar-refractivity contribution in [1.29, 1.82) is 0 Å². The summed E-state index contributed by atoms with van der Waals surface area (Å²) >= 11 is 0. The van der Waals surface area contributed by atoms with Crippen molar-refractivity contribution in [3.8, 4) is 0 Å². The van der Waals surface area contributed by atoms with Crippen LogP contribution < -0.4 is 10.2 Å². The average Bonchev–Trinajstić information content (AvgIpc) is 2.77. The van der Waals surface area contributed by atoms with Crippen molar-refractivity contribution in [3.05, 3.63) is 65.5 Å². The Hall–Kier alpha value is -3.04. The molecule has 0 atom stereocenters. The molecule has 1 saturated heterocycles. The number of aromatic nitrogens is 3. The predicted molar refractivity (Wildman–Crippen MR) is 121 cm³/mol. The molecule has 1 aliphatic rings. The Morgan fingerprint density at radius 3 is 2.29 bits per heavy atom. The number of sulfonamides is 1. The zero-order valence-corrected chi connectivity index (χ0v) is 18.7. The topological polar surface area (TPSA) is 91.3 Å². The maximum absolute atomic E-state index is 13.2. The van der Waals surface area contributed by atoms with E-state index < -0.39 is 10.0 Å². The van der Waals surface area contributed by atoms with Gasteiger partial charge in [0, 0.05) is 32.4 Å². The van der Waals surface area contributed by atoms with Gasteiger partial charge in [0.05, 0.1) is 16.8 Å². The summed E-state index contributed by atoms with van der Waals surface area (Å²) in [6.45, 7) is 7.73. The fourth-order valence-electron chi connectivity index (χ4n) is 3.65. The highest BCUT2D eigenvalue weighted by Crippen LogP contribution is 2.25. The molecule has 1 fully saturated rings. The summed E-state index contributed by atoms with van der Waals surface area (Å²) in [6, 6.07) is 11.2. The van der Waals surface area contributed by atoms with E-state index in [1.54, 1.807) is 22.8 Å². The number of nitrogens with zero attached hydrogens (tertiary/aromatic N) is 5. The molecule has 0 saturated carbocycles. The third-order valence-corrected chi connectivity index (χ3v) is 7.60. The summed E-state index contributed by atoms with van der Waals surface area (Å²) in [5.41, 5.74) is 3.71. The van der Waals surface area contributed by atoms with Gasteiger partial charge in [0.25, 0.3) is 0 Å². The van der Waals surface area contributed by atoms with Crippen molar-refractivity contribution in [2.24, 2.45) is 0 Å². The molecule has 0 amide bonds. The lowest BCUT2D eigenvalue weighted by molar-refractivity contribution is 0.383. The molecule has 2 aromatic heterocycles. The minimum absolute atomic E-state index is 0.398. The second-order valence-electron chi connectivity index (χ2n) is 7.74. The number of hydrogen-bond acceptors (Lipinski definition) is 7. The summed E-state index contributed by atoms with van der Waals surface area (Å²) < 4.78 is 28.0. The van der Waals surface area contributed by atoms with E-state index in [1.807, 2.05) is 51.1 Å². The first-order valence-corrected chi connectivity index (χ1v) is 11.6. The standard InChI is InChI=1S/C22H26N6O2S/c1-16-13-18(3)20(14-17(16)2)31(29,30)28-11-9-27(10-12-28)22-7-6-21(25-26-22)24-19-5-4-8-23-15-19/h4-8,13-15H,9-12H2,1-3H3,(H,24,25). The number of aryl methyl sites for hydroxylation is 3. The number of hydrogen-bond donors (Lipinski definition) is 1. The molecule has 0 bridgehead atoms. The van der Waals surface area contributed by atoms with Gasteiger partial charge in [-0.1, -0.05) is 6.07 Å². The lowest BCUT2D eigenvalue weighted by Crippen LogP contribution is -2.49. The fourth-order valence-corrected chi connectivity index (χ4v) is 5.37. The molecule has 4 rings (SSSR count). The molecule has 1 aromatic carbocycles. The van der Waals surface area contributed by atoms with Crippen LogP contribution in [0.15, 0.2) is 53.7 Å². The number of rotatable bonds is 5. The van der Waals surface area contributed by atoms with Gasteiger partial charge in [0.15, 0.2) is 11.6 Å². The summed E-state index contributed by atoms with van der Waals surface area (Å²) in [5.74, 6) is 1.36. The molecule has 1 aliphatic heterocycles. The quantitative estimate of drug-likeness (QED) is 0.655. The predicted octanol–water partition coefficient (Wildman–Crippen LogP) is 3.05. The molecule has 0 radical (unpaired) electrons. The molecule has 1 N–H and O–H groups in total. The van der Waals surface area contributed by atoms with Crippen LogP contribution in [-0.4, -0.2) is 54.1 Å². The first-order valence-electron chi connectivity index (χ1n) is 10.2. The highest BCUT2D eigenvalue weighted by molar-refractivity contribution is 7.89. The molecule has 8 nitrogen and oxygen atoms in total. The van der Waals surface area contributed by atoms with Gasteiger partial charge >= 0.3 is 0 Å². The molecular formula is C22H26N6O2S. The van der Waals surface area contributed by atoms with Crippen molar-refractivity contribution < 1.29 is 8.42 Å². The van der Waals surface area contributed by atoms with E-state index in [9.17, 15) is 8.42 Å². The van der Waals surface area contributed by atoms with Gasteiger partial charge in [-0.2, -0.15) is 4.31 Å². The molecule has 31 heavy (non-hydrogen) atoms. The lowest BCUT2D eigenvalue weighted by atomic mass is 10.1. The van der Waals surface area contributed by atoms with Crippen LogP contribution in [0.2, 0.25) is 0 Å². The SMILES string of the molecule is Cc1cc(C)c(S(=O)(=O)N2CCN(c3ccc(Nc4cccnc4)nn3)CC2)cc1C. The van der Waals surface area contributed by atoms with Crippen LogP contribution in [0.1, 0.15) is 16.7 Å². The van der Waals surface area contributed by atoms with Gasteiger partial charge in [-0.15, -0.1) is 10.2 Å². The van der Waals surface area contributed by atoms with E-state index in [-0.39, 0.29) is 0 Å². The monoisotopic (exact) mass is 438 g/mol. The molecule has 0 spiro atoms. The van der Waals surface area contributed by atoms with Crippen LogP contribution in [0, 0.1) is 20.8 Å². The average molecular weight is 439 g/mol. The molecule has 0 aliphatic carbocycles. The zero-order chi connectivity index (χ0) is 22.0. The van der Waals surface area contributed by atoms with E-state index in [2.05, 4.69) is 25.4 Å². The van der Waals surface area contributed by atoms with Crippen LogP contribution in [0.3, 0.4) is 0 Å². The van der Waals surface area contributed by atoms with Gasteiger partial charge in [0.2, 0.25) is 10.0 Å². The van der Waals surface area contributed by atoms with Crippen molar-refractivity contribution in [1.82, 2.24) is 19.5 Å². The first-order chi connectivity index (χ1) is 14.8. The maximum atomic E-state index is 13.2. The van der Waals surface area contributed by atoms with Gasteiger partial charge in [-0.3, -0.25) is 4.98 Å². The second kappa shape index (κ2) is 8.60. The van der Waals surface area contributed by atoms with E-state index in [0.29, 0.717) is 36.9 Å². The van der Waals surface area contributed by atoms with E-state index in [4.69, 9.17) is 0 Å². The number of nitrogens with one attached hydrogen (secondary N) is 1. The number of benzene rings is 1. The van der Waals surface area contributed by atoms with Gasteiger partial charge < -0.3 is 10.2 Å². The molecule has 0 unspecified atom stereocenters. The van der Waals surface area contributed by atoms with E-state index in [1.165, 1.54) is 0 Å². The summed E-state index contributed by atoms with van der Waals surface area (Å²) in [5, 5.41) is 11.7. The summed E-state index contributed by atoms with van der Waals surface area (Å²) in [7, 11) is -3.52. The normalized spacial score (nSPS) is 15.1. The molecule has 162 valence electrons. The second-order valence-corrected chi connectivity index (χ2v) is 9.64. The Labute approximate surface area is 183 Å². The van der Waals surface area contributed by atoms with Crippen molar-refractivity contribution in [2.75, 3.05) is 36.4 Å². The van der Waals surface area contributed by atoms with Crippen LogP contribution in [0.5, 0.6) is 0 Å². The van der Waals surface area contributed by atoms with Gasteiger partial charge in [-0.25, -0.2) is 8.42 Å². The van der Waals surface area contributed by atoms with Crippen LogP contribution >= 0.6 is 0 Å². The Morgan fingerprint density at radius 2 is 1.65 bits per heavy atom. The molecule has 9 heteroatoms. The van der Waals surface area contributed by atoms with E-state index >= 15 is 0 Å². The minimum atomic E-state index is -3.52. The Bertz CT molecular complexity index is 1160. The third-order valence-electron chi connectivity index (χ3n) is 5.56. The summed E-state index contributed by atoms with van der Waals surface area (Å²) in [4.78, 5) is 6.52. The number of pyridine rings is 1. The Kier molecular flexibility index (Phi) is 5.88. The van der Waals surface area contributed by atoms with Crippen molar-refractivity contribution >= 4 is 27.3 Å². The van der Waals surface area contributed by atoms with E-state index in [0.717, 1.165) is 28.2 Å². The van der Waals surface area contributed by atoms with Gasteiger partial charge in [0.1, 0.15) is 0 Å². The first kappa shape index (κ1) is 21.2. The lowest BCUT2D eigenvalue weighted by Gasteiger charge is -2.34. The fraction of sp³-hybridized carbons (Fsp3) is 0.318. The Balaban J connectivity index is 1.42. The van der Waals surface area contributed by atoms with Gasteiger partial charge in [-0.05, 0) is 67.8 Å². The minimum Gasteiger partial charge on any atom is -0.352 e.